The van der Waals surface area contributed by atoms with Gasteiger partial charge in [-0.2, -0.15) is 10.2 Å². The number of nitrogens with one attached hydrogen (secondary N) is 1. The van der Waals surface area contributed by atoms with Gasteiger partial charge in [0.25, 0.3) is 0 Å². The van der Waals surface area contributed by atoms with Crippen LogP contribution in [0, 0.1) is 6.92 Å². The van der Waals surface area contributed by atoms with Gasteiger partial charge in [0.1, 0.15) is 11.1 Å². The van der Waals surface area contributed by atoms with E-state index in [9.17, 15) is 4.79 Å². The molecular weight excluding hydrogens is 476 g/mol. The van der Waals surface area contributed by atoms with Crippen LogP contribution in [0.3, 0.4) is 0 Å². The number of anilines is 1. The van der Waals surface area contributed by atoms with E-state index in [0.29, 0.717) is 21.6 Å². The smallest absolute Gasteiger partial charge is 0.250 e. The Morgan fingerprint density at radius 3 is 2.67 bits per heavy atom. The summed E-state index contributed by atoms with van der Waals surface area (Å²) in [6.45, 7) is 4.02. The van der Waals surface area contributed by atoms with Crippen LogP contribution in [0.15, 0.2) is 35.1 Å². The number of carbonyl (C=O) groups is 1. The highest BCUT2D eigenvalue weighted by molar-refractivity contribution is 9.10. The molecule has 1 amide bonds. The van der Waals surface area contributed by atoms with Crippen LogP contribution in [-0.2, 0) is 11.3 Å². The Bertz CT molecular complexity index is 1000. The molecule has 0 aliphatic rings. The average Bonchev–Trinajstić information content (AvgIpc) is 3.12. The fourth-order valence-electron chi connectivity index (χ4n) is 2.51. The van der Waals surface area contributed by atoms with Gasteiger partial charge >= 0.3 is 0 Å². The molecule has 3 rings (SSSR count). The minimum atomic E-state index is -0.525. The van der Waals surface area contributed by atoms with E-state index < -0.39 is 6.04 Å². The molecule has 27 heavy (non-hydrogen) atoms. The molecule has 142 valence electrons. The molecule has 2 heterocycles. The van der Waals surface area contributed by atoms with Crippen LogP contribution in [0.5, 0.6) is 0 Å². The first-order chi connectivity index (χ1) is 12.8. The number of aromatic nitrogens is 4. The summed E-state index contributed by atoms with van der Waals surface area (Å²) in [6, 6.07) is 4.71. The second-order valence-corrected chi connectivity index (χ2v) is 8.05. The van der Waals surface area contributed by atoms with Crippen LogP contribution in [0.4, 0.5) is 5.82 Å². The van der Waals surface area contributed by atoms with Crippen molar-refractivity contribution in [2.24, 2.45) is 0 Å². The summed E-state index contributed by atoms with van der Waals surface area (Å²) >= 11 is 21.7. The van der Waals surface area contributed by atoms with Crippen LogP contribution in [0.25, 0.3) is 0 Å². The fourth-order valence-corrected chi connectivity index (χ4v) is 3.45. The molecule has 1 aromatic carbocycles. The Hall–Kier alpha value is -1.54. The zero-order valence-corrected chi connectivity index (χ0v) is 18.2. The highest BCUT2D eigenvalue weighted by Crippen LogP contribution is 2.25. The predicted molar refractivity (Wildman–Crippen MR) is 111 cm³/mol. The van der Waals surface area contributed by atoms with Gasteiger partial charge in [-0.25, -0.2) is 0 Å². The quantitative estimate of drug-likeness (QED) is 0.523. The lowest BCUT2D eigenvalue weighted by Crippen LogP contribution is -2.25. The first kappa shape index (κ1) is 20.2. The summed E-state index contributed by atoms with van der Waals surface area (Å²) in [5.41, 5.74) is 1.69. The molecule has 0 aliphatic carbocycles. The molecule has 10 heteroatoms. The zero-order valence-electron chi connectivity index (χ0n) is 14.4. The molecule has 1 atom stereocenters. The lowest BCUT2D eigenvalue weighted by Gasteiger charge is -2.13. The number of rotatable bonds is 5. The normalized spacial score (nSPS) is 12.2. The lowest BCUT2D eigenvalue weighted by molar-refractivity contribution is -0.119. The number of benzene rings is 1. The molecule has 0 fully saturated rings. The van der Waals surface area contributed by atoms with Crippen molar-refractivity contribution in [2.75, 3.05) is 5.32 Å². The van der Waals surface area contributed by atoms with Gasteiger partial charge in [-0.1, -0.05) is 40.9 Å². The van der Waals surface area contributed by atoms with E-state index in [0.717, 1.165) is 15.7 Å². The average molecular weight is 492 g/mol. The molecule has 0 aliphatic heterocycles. The van der Waals surface area contributed by atoms with Crippen LogP contribution in [0.2, 0.25) is 15.1 Å². The van der Waals surface area contributed by atoms with Gasteiger partial charge in [0.15, 0.2) is 5.82 Å². The van der Waals surface area contributed by atoms with Crippen LogP contribution < -0.4 is 5.32 Å². The van der Waals surface area contributed by atoms with Crippen LogP contribution >= 0.6 is 50.7 Å². The molecule has 2 aromatic heterocycles. The van der Waals surface area contributed by atoms with E-state index in [1.54, 1.807) is 40.8 Å². The van der Waals surface area contributed by atoms with E-state index >= 15 is 0 Å². The second kappa shape index (κ2) is 8.22. The van der Waals surface area contributed by atoms with Crippen molar-refractivity contribution in [1.29, 1.82) is 0 Å². The van der Waals surface area contributed by atoms with Crippen molar-refractivity contribution in [2.45, 2.75) is 26.4 Å². The first-order valence-corrected chi connectivity index (χ1v) is 9.86. The summed E-state index contributed by atoms with van der Waals surface area (Å²) in [5, 5.41) is 12.7. The predicted octanol–water partition coefficient (Wildman–Crippen LogP) is 5.36. The van der Waals surface area contributed by atoms with E-state index in [1.807, 2.05) is 13.0 Å². The third kappa shape index (κ3) is 4.48. The molecular formula is C17H15BrCl3N5O. The van der Waals surface area contributed by atoms with Gasteiger partial charge in [0.05, 0.1) is 22.9 Å². The van der Waals surface area contributed by atoms with Crippen molar-refractivity contribution < 1.29 is 4.79 Å². The van der Waals surface area contributed by atoms with E-state index in [1.165, 1.54) is 0 Å². The molecule has 0 spiro atoms. The minimum absolute atomic E-state index is 0.273. The number of carbonyl (C=O) groups excluding carboxylic acids is 1. The Morgan fingerprint density at radius 2 is 2.04 bits per heavy atom. The minimum Gasteiger partial charge on any atom is -0.306 e. The topological polar surface area (TPSA) is 64.7 Å². The molecule has 3 aromatic rings. The van der Waals surface area contributed by atoms with Crippen molar-refractivity contribution in [3.63, 3.8) is 0 Å². The molecule has 1 N–H and O–H groups in total. The summed E-state index contributed by atoms with van der Waals surface area (Å²) in [7, 11) is 0. The Kier molecular flexibility index (Phi) is 6.15. The number of amides is 1. The van der Waals surface area contributed by atoms with Crippen molar-refractivity contribution in [3.8, 4) is 0 Å². The summed E-state index contributed by atoms with van der Waals surface area (Å²) in [5.74, 6) is 0.00727. The SMILES string of the molecule is Cc1c(Br)cnn1C(C)C(=O)Nc1nn(Cc2ccc(Cl)cc2Cl)cc1Cl. The van der Waals surface area contributed by atoms with E-state index in [-0.39, 0.29) is 11.7 Å². The Balaban J connectivity index is 1.74. The van der Waals surface area contributed by atoms with Gasteiger partial charge in [-0.3, -0.25) is 14.2 Å². The van der Waals surface area contributed by atoms with Gasteiger partial charge in [0.2, 0.25) is 5.91 Å². The second-order valence-electron chi connectivity index (χ2n) is 5.95. The monoisotopic (exact) mass is 489 g/mol. The maximum atomic E-state index is 12.6. The highest BCUT2D eigenvalue weighted by Gasteiger charge is 2.21. The van der Waals surface area contributed by atoms with Gasteiger partial charge in [-0.15, -0.1) is 0 Å². The Labute approximate surface area is 179 Å². The van der Waals surface area contributed by atoms with Crippen molar-refractivity contribution in [1.82, 2.24) is 19.6 Å². The summed E-state index contributed by atoms with van der Waals surface area (Å²) < 4.78 is 4.06. The number of nitrogens with zero attached hydrogens (tertiary/aromatic N) is 4. The highest BCUT2D eigenvalue weighted by atomic mass is 79.9. The molecule has 0 bridgehead atoms. The van der Waals surface area contributed by atoms with Crippen molar-refractivity contribution in [3.05, 3.63) is 61.4 Å². The Morgan fingerprint density at radius 1 is 1.30 bits per heavy atom. The van der Waals surface area contributed by atoms with Crippen LogP contribution in [-0.4, -0.2) is 25.5 Å². The number of hydrogen-bond acceptors (Lipinski definition) is 3. The lowest BCUT2D eigenvalue weighted by atomic mass is 10.2. The maximum Gasteiger partial charge on any atom is 0.250 e. The van der Waals surface area contributed by atoms with Gasteiger partial charge in [-0.05, 0) is 47.5 Å². The van der Waals surface area contributed by atoms with Crippen molar-refractivity contribution >= 4 is 62.5 Å². The number of hydrogen-bond donors (Lipinski definition) is 1. The molecule has 1 unspecified atom stereocenters. The first-order valence-electron chi connectivity index (χ1n) is 7.93. The summed E-state index contributed by atoms with van der Waals surface area (Å²) in [4.78, 5) is 12.6. The number of halogens is 4. The molecule has 6 nitrogen and oxygen atoms in total. The van der Waals surface area contributed by atoms with E-state index in [2.05, 4.69) is 31.4 Å². The van der Waals surface area contributed by atoms with Gasteiger partial charge < -0.3 is 5.32 Å². The molecule has 0 saturated heterocycles. The molecule has 0 radical (unpaired) electrons. The van der Waals surface area contributed by atoms with Crippen LogP contribution in [0.1, 0.15) is 24.2 Å². The fraction of sp³-hybridized carbons (Fsp3) is 0.235. The van der Waals surface area contributed by atoms with Gasteiger partial charge in [0, 0.05) is 16.2 Å². The third-order valence-corrected chi connectivity index (χ3v) is 5.68. The standard InChI is InChI=1S/C17H15BrCl3N5O/c1-9-13(18)6-22-26(9)10(2)17(27)23-16-15(21)8-25(24-16)7-11-3-4-12(19)5-14(11)20/h3-6,8,10H,7H2,1-2H3,(H,23,24,27). The van der Waals surface area contributed by atoms with E-state index in [4.69, 9.17) is 34.8 Å². The zero-order chi connectivity index (χ0) is 19.7. The summed E-state index contributed by atoms with van der Waals surface area (Å²) in [6.07, 6.45) is 3.28. The largest absolute Gasteiger partial charge is 0.306 e. The maximum absolute atomic E-state index is 12.6. The molecule has 0 saturated carbocycles. The third-order valence-electron chi connectivity index (χ3n) is 4.04.